The van der Waals surface area contributed by atoms with E-state index < -0.39 is 11.8 Å². The van der Waals surface area contributed by atoms with Crippen LogP contribution in [-0.4, -0.2) is 57.6 Å². The van der Waals surface area contributed by atoms with Crippen molar-refractivity contribution in [1.82, 2.24) is 11.0 Å². The first kappa shape index (κ1) is 30.7. The zero-order chi connectivity index (χ0) is 24.9. The summed E-state index contributed by atoms with van der Waals surface area (Å²) in [6.45, 7) is 4.58. The molecule has 0 heterocycles. The van der Waals surface area contributed by atoms with Crippen LogP contribution in [0.1, 0.15) is 60.2 Å². The van der Waals surface area contributed by atoms with Crippen LogP contribution >= 0.6 is 0 Å². The molecule has 2 aromatic rings. The SMILES string of the molecule is CCC[CH2][Sn][CH2]CCC.COc1ccc(C(=O)NO)cc1.COc1ccc(C(=O)NO)cc1. The second kappa shape index (κ2) is 20.3. The number of benzene rings is 2. The van der Waals surface area contributed by atoms with Gasteiger partial charge in [0.25, 0.3) is 11.8 Å². The average Bonchev–Trinajstić information content (AvgIpc) is 2.88. The minimum absolute atomic E-state index is 0.149. The number of nitrogens with one attached hydrogen (secondary N) is 2. The quantitative estimate of drug-likeness (QED) is 0.143. The first-order chi connectivity index (χ1) is 16.0. The summed E-state index contributed by atoms with van der Waals surface area (Å²) in [6.07, 6.45) is 5.84. The van der Waals surface area contributed by atoms with Gasteiger partial charge in [0.15, 0.2) is 0 Å². The number of carbonyl (C=O) groups excluding carboxylic acids is 2. The second-order valence-electron chi connectivity index (χ2n) is 6.80. The molecule has 182 valence electrons. The monoisotopic (exact) mass is 568 g/mol. The van der Waals surface area contributed by atoms with Gasteiger partial charge in [0.2, 0.25) is 0 Å². The number of hydroxylamine groups is 2. The van der Waals surface area contributed by atoms with Gasteiger partial charge >= 0.3 is 69.5 Å². The van der Waals surface area contributed by atoms with Crippen LogP contribution in [0.5, 0.6) is 11.5 Å². The summed E-state index contributed by atoms with van der Waals surface area (Å²) in [6, 6.07) is 12.8. The molecule has 0 aliphatic rings. The maximum atomic E-state index is 10.8. The Balaban J connectivity index is 0.000000472. The maximum absolute atomic E-state index is 10.8. The van der Waals surface area contributed by atoms with Crippen LogP contribution in [0.3, 0.4) is 0 Å². The predicted molar refractivity (Wildman–Crippen MR) is 130 cm³/mol. The summed E-state index contributed by atoms with van der Waals surface area (Å²) in [4.78, 5) is 21.6. The van der Waals surface area contributed by atoms with E-state index in [1.165, 1.54) is 36.6 Å². The molecule has 8 nitrogen and oxygen atoms in total. The Morgan fingerprint density at radius 1 is 0.727 bits per heavy atom. The van der Waals surface area contributed by atoms with Gasteiger partial charge in [-0.3, -0.25) is 20.0 Å². The summed E-state index contributed by atoms with van der Waals surface area (Å²) in [5.74, 6) is 0.282. The van der Waals surface area contributed by atoms with Crippen LogP contribution in [0.15, 0.2) is 48.5 Å². The van der Waals surface area contributed by atoms with E-state index in [-0.39, 0.29) is 21.1 Å². The number of rotatable bonds is 10. The third kappa shape index (κ3) is 14.5. The molecule has 0 unspecified atom stereocenters. The fourth-order valence-electron chi connectivity index (χ4n) is 2.34. The molecule has 0 bridgehead atoms. The Labute approximate surface area is 206 Å². The van der Waals surface area contributed by atoms with Crippen LogP contribution in [0, 0.1) is 0 Å². The molecule has 0 spiro atoms. The van der Waals surface area contributed by atoms with E-state index >= 15 is 0 Å². The van der Waals surface area contributed by atoms with Crippen LogP contribution in [0.2, 0.25) is 8.87 Å². The van der Waals surface area contributed by atoms with Crippen LogP contribution in [0.4, 0.5) is 0 Å². The first-order valence-corrected chi connectivity index (χ1v) is 14.9. The molecule has 0 saturated carbocycles. The van der Waals surface area contributed by atoms with Crippen molar-refractivity contribution in [2.24, 2.45) is 0 Å². The van der Waals surface area contributed by atoms with Crippen molar-refractivity contribution in [3.8, 4) is 11.5 Å². The van der Waals surface area contributed by atoms with E-state index in [1.54, 1.807) is 71.6 Å². The molecule has 0 aromatic heterocycles. The fraction of sp³-hybridized carbons (Fsp3) is 0.417. The molecule has 4 N–H and O–H groups in total. The molecular formula is C24H36N2O6Sn. The third-order valence-electron chi connectivity index (χ3n) is 4.32. The van der Waals surface area contributed by atoms with Crippen molar-refractivity contribution >= 4 is 33.0 Å². The summed E-state index contributed by atoms with van der Waals surface area (Å²) >= 11 is 0.149. The summed E-state index contributed by atoms with van der Waals surface area (Å²) in [5.41, 5.74) is 3.85. The Kier molecular flexibility index (Phi) is 18.9. The normalized spacial score (nSPS) is 9.39. The topological polar surface area (TPSA) is 117 Å². The van der Waals surface area contributed by atoms with E-state index in [2.05, 4.69) is 13.8 Å². The summed E-state index contributed by atoms with van der Waals surface area (Å²) < 4.78 is 13.0. The van der Waals surface area contributed by atoms with Gasteiger partial charge in [-0.05, 0) is 48.5 Å². The van der Waals surface area contributed by atoms with Crippen LogP contribution < -0.4 is 20.4 Å². The van der Waals surface area contributed by atoms with E-state index in [4.69, 9.17) is 19.9 Å². The van der Waals surface area contributed by atoms with Gasteiger partial charge in [-0.15, -0.1) is 0 Å². The largest absolute Gasteiger partial charge is 0.497 e. The van der Waals surface area contributed by atoms with E-state index in [9.17, 15) is 9.59 Å². The van der Waals surface area contributed by atoms with Gasteiger partial charge in [0.1, 0.15) is 11.5 Å². The molecule has 0 aliphatic heterocycles. The minimum Gasteiger partial charge on any atom is -0.497 e. The molecule has 0 saturated heterocycles. The van der Waals surface area contributed by atoms with Gasteiger partial charge in [0.05, 0.1) is 14.2 Å². The number of hydrogen-bond donors (Lipinski definition) is 4. The van der Waals surface area contributed by atoms with Gasteiger partial charge in [0, 0.05) is 11.1 Å². The zero-order valence-electron chi connectivity index (χ0n) is 19.9. The number of methoxy groups -OCH3 is 2. The van der Waals surface area contributed by atoms with Gasteiger partial charge in [-0.1, -0.05) is 0 Å². The smallest absolute Gasteiger partial charge is 0.274 e. The van der Waals surface area contributed by atoms with E-state index in [0.29, 0.717) is 22.6 Å². The van der Waals surface area contributed by atoms with Gasteiger partial charge in [-0.25, -0.2) is 11.0 Å². The van der Waals surface area contributed by atoms with Gasteiger partial charge in [-0.2, -0.15) is 0 Å². The van der Waals surface area contributed by atoms with E-state index in [0.717, 1.165) is 0 Å². The second-order valence-corrected chi connectivity index (χ2v) is 11.1. The molecule has 2 amide bonds. The Morgan fingerprint density at radius 3 is 1.30 bits per heavy atom. The molecule has 0 atom stereocenters. The fourth-order valence-corrected chi connectivity index (χ4v) is 6.50. The Morgan fingerprint density at radius 2 is 1.06 bits per heavy atom. The summed E-state index contributed by atoms with van der Waals surface area (Å²) in [7, 11) is 3.09. The molecule has 33 heavy (non-hydrogen) atoms. The average molecular weight is 567 g/mol. The Hall–Kier alpha value is -2.30. The van der Waals surface area contributed by atoms with Crippen molar-refractivity contribution < 1.29 is 29.5 Å². The number of hydrogen-bond acceptors (Lipinski definition) is 6. The summed E-state index contributed by atoms with van der Waals surface area (Å²) in [5, 5.41) is 16.6. The number of carbonyl (C=O) groups is 2. The minimum atomic E-state index is -0.530. The standard InChI is InChI=1S/2C8H9NO3.2C4H9.Sn/c2*1-12-7-4-2-6(3-5-7)8(10)9-11;2*1-3-4-2;/h2*2-5,11H,1H3,(H,9,10);2*1,3-4H2,2H3;. The number of amides is 2. The molecular weight excluding hydrogens is 531 g/mol. The third-order valence-corrected chi connectivity index (χ3v) is 8.36. The van der Waals surface area contributed by atoms with Crippen molar-refractivity contribution in [2.45, 2.75) is 48.4 Å². The zero-order valence-corrected chi connectivity index (χ0v) is 22.7. The van der Waals surface area contributed by atoms with Crippen LogP contribution in [-0.2, 0) is 0 Å². The Bertz CT molecular complexity index is 704. The van der Waals surface area contributed by atoms with Crippen LogP contribution in [0.25, 0.3) is 0 Å². The molecule has 0 fully saturated rings. The molecule has 2 rings (SSSR count). The van der Waals surface area contributed by atoms with Gasteiger partial charge < -0.3 is 9.47 Å². The van der Waals surface area contributed by atoms with Crippen molar-refractivity contribution in [1.29, 1.82) is 0 Å². The molecule has 9 heteroatoms. The number of ether oxygens (including phenoxy) is 2. The maximum Gasteiger partial charge on any atom is 0.274 e. The number of unbranched alkanes of at least 4 members (excludes halogenated alkanes) is 2. The first-order valence-electron chi connectivity index (χ1n) is 10.8. The van der Waals surface area contributed by atoms with Crippen molar-refractivity contribution in [3.05, 3.63) is 59.7 Å². The molecule has 2 radical (unpaired) electrons. The predicted octanol–water partition coefficient (Wildman–Crippen LogP) is 4.76. The van der Waals surface area contributed by atoms with Crippen molar-refractivity contribution in [3.63, 3.8) is 0 Å². The van der Waals surface area contributed by atoms with Crippen molar-refractivity contribution in [2.75, 3.05) is 14.2 Å². The molecule has 2 aromatic carbocycles. The van der Waals surface area contributed by atoms with E-state index in [1.807, 2.05) is 0 Å². The molecule has 0 aliphatic carbocycles.